The summed E-state index contributed by atoms with van der Waals surface area (Å²) >= 11 is 0. The molecular formula is C13H22N4O2S. The second kappa shape index (κ2) is 5.46. The second-order valence-electron chi connectivity index (χ2n) is 5.93. The lowest BCUT2D eigenvalue weighted by Crippen LogP contribution is -2.33. The molecule has 2 saturated carbocycles. The zero-order valence-corrected chi connectivity index (χ0v) is 12.6. The number of rotatable bonds is 7. The Morgan fingerprint density at radius 2 is 2.05 bits per heavy atom. The lowest BCUT2D eigenvalue weighted by molar-refractivity contribution is 0.316. The highest BCUT2D eigenvalue weighted by molar-refractivity contribution is 7.89. The molecule has 0 aliphatic heterocycles. The Morgan fingerprint density at radius 3 is 2.65 bits per heavy atom. The van der Waals surface area contributed by atoms with E-state index < -0.39 is 10.0 Å². The van der Waals surface area contributed by atoms with Gasteiger partial charge in [0.2, 0.25) is 10.0 Å². The minimum Gasteiger partial charge on any atom is -0.308 e. The molecule has 2 aliphatic carbocycles. The van der Waals surface area contributed by atoms with Crippen LogP contribution in [-0.4, -0.2) is 31.2 Å². The number of nitrogens with one attached hydrogen (secondary N) is 3. The number of aromatic amines is 1. The molecule has 0 radical (unpaired) electrons. The van der Waals surface area contributed by atoms with Crippen LogP contribution in [0.25, 0.3) is 0 Å². The normalized spacial score (nSPS) is 20.1. The lowest BCUT2D eigenvalue weighted by atomic mass is 9.86. The smallest absolute Gasteiger partial charge is 0.244 e. The van der Waals surface area contributed by atoms with Gasteiger partial charge in [-0.15, -0.1) is 0 Å². The minimum absolute atomic E-state index is 0.324. The number of aryl methyl sites for hydroxylation is 1. The van der Waals surface area contributed by atoms with E-state index >= 15 is 0 Å². The van der Waals surface area contributed by atoms with Crippen LogP contribution in [0.4, 0.5) is 0 Å². The third-order valence-corrected chi connectivity index (χ3v) is 5.78. The number of nitrogens with zero attached hydrogens (tertiary/aromatic N) is 1. The summed E-state index contributed by atoms with van der Waals surface area (Å²) in [5.41, 5.74) is 1.20. The van der Waals surface area contributed by atoms with Crippen LogP contribution in [0.1, 0.15) is 43.5 Å². The van der Waals surface area contributed by atoms with Crippen molar-refractivity contribution < 1.29 is 8.42 Å². The summed E-state index contributed by atoms with van der Waals surface area (Å²) in [6.07, 6.45) is 5.82. The highest BCUT2D eigenvalue weighted by Crippen LogP contribution is 2.26. The van der Waals surface area contributed by atoms with E-state index in [9.17, 15) is 8.42 Å². The van der Waals surface area contributed by atoms with Crippen molar-refractivity contribution in [3.8, 4) is 0 Å². The molecule has 0 atom stereocenters. The largest absolute Gasteiger partial charge is 0.308 e. The summed E-state index contributed by atoms with van der Waals surface area (Å²) in [5, 5.41) is 10.2. The first kappa shape index (κ1) is 14.0. The Bertz CT molecular complexity index is 573. The Morgan fingerprint density at radius 1 is 1.30 bits per heavy atom. The number of hydrogen-bond acceptors (Lipinski definition) is 4. The predicted molar refractivity (Wildman–Crippen MR) is 75.7 cm³/mol. The molecule has 1 heterocycles. The Balaban J connectivity index is 1.70. The summed E-state index contributed by atoms with van der Waals surface area (Å²) in [6.45, 7) is 2.81. The molecule has 1 aromatic rings. The molecule has 20 heavy (non-hydrogen) atoms. The van der Waals surface area contributed by atoms with Crippen LogP contribution in [0.3, 0.4) is 0 Å². The topological polar surface area (TPSA) is 86.9 Å². The van der Waals surface area contributed by atoms with Crippen LogP contribution >= 0.6 is 0 Å². The summed E-state index contributed by atoms with van der Waals surface area (Å²) in [6, 6.07) is 0.533. The maximum Gasteiger partial charge on any atom is 0.244 e. The van der Waals surface area contributed by atoms with Crippen LogP contribution in [0, 0.1) is 12.8 Å². The molecule has 3 rings (SSSR count). The van der Waals surface area contributed by atoms with Crippen molar-refractivity contribution >= 4 is 10.0 Å². The zero-order valence-electron chi connectivity index (χ0n) is 11.8. The second-order valence-corrected chi connectivity index (χ2v) is 7.63. The van der Waals surface area contributed by atoms with Crippen LogP contribution in [0.5, 0.6) is 0 Å². The van der Waals surface area contributed by atoms with Crippen LogP contribution < -0.4 is 10.0 Å². The fourth-order valence-electron chi connectivity index (χ4n) is 2.47. The molecule has 1 aromatic heterocycles. The zero-order chi connectivity index (χ0) is 14.2. The van der Waals surface area contributed by atoms with Gasteiger partial charge >= 0.3 is 0 Å². The third-order valence-electron chi connectivity index (χ3n) is 4.15. The van der Waals surface area contributed by atoms with Gasteiger partial charge in [-0.05, 0) is 38.5 Å². The van der Waals surface area contributed by atoms with Gasteiger partial charge in [0.1, 0.15) is 4.90 Å². The average molecular weight is 298 g/mol. The van der Waals surface area contributed by atoms with Gasteiger partial charge in [0.15, 0.2) is 0 Å². The highest BCUT2D eigenvalue weighted by atomic mass is 32.2. The van der Waals surface area contributed by atoms with Gasteiger partial charge in [0.25, 0.3) is 0 Å². The van der Waals surface area contributed by atoms with E-state index in [0.717, 1.165) is 12.8 Å². The molecule has 112 valence electrons. The van der Waals surface area contributed by atoms with Gasteiger partial charge in [0.05, 0.1) is 11.4 Å². The van der Waals surface area contributed by atoms with E-state index in [1.807, 2.05) is 0 Å². The van der Waals surface area contributed by atoms with E-state index in [-0.39, 0.29) is 0 Å². The maximum atomic E-state index is 12.4. The maximum absolute atomic E-state index is 12.4. The van der Waals surface area contributed by atoms with Crippen LogP contribution in [0.2, 0.25) is 0 Å². The summed E-state index contributed by atoms with van der Waals surface area (Å²) in [4.78, 5) is 0.324. The Hall–Kier alpha value is -0.920. The van der Waals surface area contributed by atoms with E-state index in [2.05, 4.69) is 20.2 Å². The number of H-pyrrole nitrogens is 1. The molecule has 2 aliphatic rings. The van der Waals surface area contributed by atoms with E-state index in [4.69, 9.17) is 0 Å². The summed E-state index contributed by atoms with van der Waals surface area (Å²) in [5.74, 6) is 0.505. The molecule has 6 nitrogen and oxygen atoms in total. The quantitative estimate of drug-likeness (QED) is 0.702. The van der Waals surface area contributed by atoms with Gasteiger partial charge in [0, 0.05) is 19.1 Å². The monoisotopic (exact) mass is 298 g/mol. The van der Waals surface area contributed by atoms with E-state index in [1.54, 1.807) is 6.92 Å². The fourth-order valence-corrected chi connectivity index (χ4v) is 3.95. The van der Waals surface area contributed by atoms with Gasteiger partial charge in [-0.25, -0.2) is 13.1 Å². The molecule has 3 N–H and O–H groups in total. The Kier molecular flexibility index (Phi) is 3.83. The number of hydrogen-bond donors (Lipinski definition) is 3. The molecule has 0 aromatic carbocycles. The summed E-state index contributed by atoms with van der Waals surface area (Å²) in [7, 11) is -3.46. The van der Waals surface area contributed by atoms with Crippen molar-refractivity contribution in [2.45, 2.75) is 56.5 Å². The Labute approximate surface area is 119 Å². The van der Waals surface area contributed by atoms with Gasteiger partial charge < -0.3 is 5.32 Å². The van der Waals surface area contributed by atoms with Crippen molar-refractivity contribution in [3.05, 3.63) is 11.4 Å². The van der Waals surface area contributed by atoms with E-state index in [1.165, 1.54) is 19.3 Å². The first-order valence-electron chi connectivity index (χ1n) is 7.33. The van der Waals surface area contributed by atoms with Crippen molar-refractivity contribution in [2.24, 2.45) is 5.92 Å². The third kappa shape index (κ3) is 3.05. The van der Waals surface area contributed by atoms with Gasteiger partial charge in [-0.3, -0.25) is 5.10 Å². The molecule has 2 fully saturated rings. The average Bonchev–Trinajstić information content (AvgIpc) is 3.07. The standard InChI is InChI=1S/C13H22N4O2S/c1-9-13(12(17-16-9)8-14-11-5-6-11)20(18,19)15-7-10-3-2-4-10/h10-11,14-15H,2-8H2,1H3,(H,16,17). The van der Waals surface area contributed by atoms with Crippen LogP contribution in [0.15, 0.2) is 4.90 Å². The number of aromatic nitrogens is 2. The number of sulfonamides is 1. The summed E-state index contributed by atoms with van der Waals surface area (Å²) < 4.78 is 27.6. The molecule has 0 saturated heterocycles. The first-order valence-corrected chi connectivity index (χ1v) is 8.81. The van der Waals surface area contributed by atoms with Crippen molar-refractivity contribution in [2.75, 3.05) is 6.54 Å². The molecular weight excluding hydrogens is 276 g/mol. The van der Waals surface area contributed by atoms with E-state index in [0.29, 0.717) is 41.3 Å². The first-order chi connectivity index (χ1) is 9.56. The molecule has 0 spiro atoms. The lowest BCUT2D eigenvalue weighted by Gasteiger charge is -2.25. The van der Waals surface area contributed by atoms with Gasteiger partial charge in [-0.2, -0.15) is 5.10 Å². The SMILES string of the molecule is Cc1[nH]nc(CNC2CC2)c1S(=O)(=O)NCC1CCC1. The fraction of sp³-hybridized carbons (Fsp3) is 0.769. The molecule has 0 unspecified atom stereocenters. The van der Waals surface area contributed by atoms with Crippen molar-refractivity contribution in [3.63, 3.8) is 0 Å². The van der Waals surface area contributed by atoms with Crippen LogP contribution in [-0.2, 0) is 16.6 Å². The van der Waals surface area contributed by atoms with Crippen molar-refractivity contribution in [1.29, 1.82) is 0 Å². The predicted octanol–water partition coefficient (Wildman–Crippen LogP) is 1.05. The highest BCUT2D eigenvalue weighted by Gasteiger charge is 2.28. The minimum atomic E-state index is -3.46. The van der Waals surface area contributed by atoms with Gasteiger partial charge in [-0.1, -0.05) is 6.42 Å². The van der Waals surface area contributed by atoms with Crippen molar-refractivity contribution in [1.82, 2.24) is 20.2 Å². The molecule has 0 bridgehead atoms. The molecule has 0 amide bonds. The molecule has 7 heteroatoms.